The molecule has 1 N–H and O–H groups in total. The molecule has 2 aromatic carbocycles. The number of ether oxygens (including phenoxy) is 1. The third kappa shape index (κ3) is 3.81. The Morgan fingerprint density at radius 3 is 2.08 bits per heavy atom. The van der Waals surface area contributed by atoms with E-state index in [-0.39, 0.29) is 34.5 Å². The van der Waals surface area contributed by atoms with Crippen molar-refractivity contribution in [2.24, 2.45) is 0 Å². The zero-order chi connectivity index (χ0) is 18.1. The van der Waals surface area contributed by atoms with Crippen molar-refractivity contribution in [1.29, 1.82) is 0 Å². The number of hydrogen-bond donors (Lipinski definition) is 1. The first-order valence-corrected chi connectivity index (χ1v) is 6.86. The number of nitrogens with one attached hydrogen (secondary N) is 1. The number of benzene rings is 2. The van der Waals surface area contributed by atoms with Gasteiger partial charge in [-0.1, -0.05) is 0 Å². The molecule has 128 valence electrons. The fraction of sp³-hybridized carbons (Fsp3) is 0.0714. The van der Waals surface area contributed by atoms with Crippen molar-refractivity contribution in [2.75, 3.05) is 5.32 Å². The molecule has 24 heavy (non-hydrogen) atoms. The van der Waals surface area contributed by atoms with Gasteiger partial charge in [-0.2, -0.15) is 13.2 Å². The first kappa shape index (κ1) is 18.1. The van der Waals surface area contributed by atoms with Crippen molar-refractivity contribution in [3.63, 3.8) is 0 Å². The number of alkyl halides is 3. The van der Waals surface area contributed by atoms with Gasteiger partial charge in [0.1, 0.15) is 5.82 Å². The molecule has 0 atom stereocenters. The van der Waals surface area contributed by atoms with Crippen LogP contribution in [-0.2, 0) is 11.0 Å². The van der Waals surface area contributed by atoms with E-state index >= 15 is 0 Å². The van der Waals surface area contributed by atoms with Crippen LogP contribution < -0.4 is 10.1 Å². The average molecular weight is 414 g/mol. The topological polar surface area (TPSA) is 38.3 Å². The lowest BCUT2D eigenvalue weighted by Gasteiger charge is -2.15. The van der Waals surface area contributed by atoms with Crippen molar-refractivity contribution in [2.45, 2.75) is 6.18 Å². The highest BCUT2D eigenvalue weighted by Gasteiger charge is 2.33. The number of carbonyl (C=O) groups is 1. The molecule has 0 fully saturated rings. The molecule has 0 spiro atoms. The lowest BCUT2D eigenvalue weighted by molar-refractivity contribution is -0.138. The summed E-state index contributed by atoms with van der Waals surface area (Å²) in [4.78, 5) is 10.5. The summed E-state index contributed by atoms with van der Waals surface area (Å²) in [5.41, 5.74) is -1.81. The van der Waals surface area contributed by atoms with Gasteiger partial charge in [-0.3, -0.25) is 4.79 Å². The maximum atomic E-state index is 13.8. The highest BCUT2D eigenvalue weighted by molar-refractivity contribution is 9.10. The van der Waals surface area contributed by atoms with E-state index < -0.39 is 34.9 Å². The van der Waals surface area contributed by atoms with Gasteiger partial charge < -0.3 is 10.1 Å². The third-order valence-corrected chi connectivity index (χ3v) is 3.34. The molecule has 0 bridgehead atoms. The van der Waals surface area contributed by atoms with Crippen molar-refractivity contribution < 1.29 is 35.9 Å². The van der Waals surface area contributed by atoms with E-state index in [1.807, 2.05) is 0 Å². The molecule has 0 aliphatic rings. The SMILES string of the molecule is O=CNc1cc(F)cc(Br)c1Oc1c(F)cc(C(F)(F)F)cc1F. The Morgan fingerprint density at radius 2 is 1.58 bits per heavy atom. The molecule has 0 aliphatic carbocycles. The molecular formula is C14H6BrF6NO2. The quantitative estimate of drug-likeness (QED) is 0.549. The standard InChI is InChI=1S/C14H6BrF6NO2/c15-8-3-7(16)4-11(22-5-23)12(8)24-13-9(17)1-6(2-10(13)18)14(19,20)21/h1-5H,(H,22,23). The van der Waals surface area contributed by atoms with Crippen LogP contribution in [0.3, 0.4) is 0 Å². The molecule has 2 aromatic rings. The average Bonchev–Trinajstić information content (AvgIpc) is 2.44. The Balaban J connectivity index is 2.51. The first-order valence-electron chi connectivity index (χ1n) is 6.06. The van der Waals surface area contributed by atoms with E-state index in [2.05, 4.69) is 21.2 Å². The van der Waals surface area contributed by atoms with Crippen LogP contribution in [0.25, 0.3) is 0 Å². The maximum Gasteiger partial charge on any atom is 0.416 e. The van der Waals surface area contributed by atoms with Crippen LogP contribution >= 0.6 is 15.9 Å². The fourth-order valence-corrected chi connectivity index (χ4v) is 2.27. The molecule has 3 nitrogen and oxygen atoms in total. The van der Waals surface area contributed by atoms with Gasteiger partial charge >= 0.3 is 6.18 Å². The molecule has 0 aromatic heterocycles. The number of hydrogen-bond acceptors (Lipinski definition) is 2. The normalized spacial score (nSPS) is 11.3. The lowest BCUT2D eigenvalue weighted by atomic mass is 10.2. The van der Waals surface area contributed by atoms with Crippen LogP contribution in [0.2, 0.25) is 0 Å². The molecule has 0 heterocycles. The van der Waals surface area contributed by atoms with E-state index in [0.29, 0.717) is 0 Å². The summed E-state index contributed by atoms with van der Waals surface area (Å²) in [5.74, 6) is -5.55. The van der Waals surface area contributed by atoms with Crippen molar-refractivity contribution in [3.8, 4) is 11.5 Å². The molecule has 0 saturated heterocycles. The predicted octanol–water partition coefficient (Wildman–Crippen LogP) is 5.25. The van der Waals surface area contributed by atoms with Crippen LogP contribution in [0.5, 0.6) is 11.5 Å². The maximum absolute atomic E-state index is 13.8. The summed E-state index contributed by atoms with van der Waals surface area (Å²) in [7, 11) is 0. The number of rotatable bonds is 4. The van der Waals surface area contributed by atoms with Crippen LogP contribution in [0.15, 0.2) is 28.7 Å². The van der Waals surface area contributed by atoms with Crippen LogP contribution in [-0.4, -0.2) is 6.41 Å². The Morgan fingerprint density at radius 1 is 1.00 bits per heavy atom. The Kier molecular flexibility index (Phi) is 5.07. The van der Waals surface area contributed by atoms with Gasteiger partial charge in [-0.25, -0.2) is 13.2 Å². The monoisotopic (exact) mass is 413 g/mol. The lowest BCUT2D eigenvalue weighted by Crippen LogP contribution is -2.07. The van der Waals surface area contributed by atoms with E-state index in [4.69, 9.17) is 4.74 Å². The summed E-state index contributed by atoms with van der Waals surface area (Å²) < 4.78 is 83.2. The van der Waals surface area contributed by atoms with Crippen LogP contribution in [0, 0.1) is 17.5 Å². The number of halogens is 7. The second-order valence-corrected chi connectivity index (χ2v) is 5.25. The summed E-state index contributed by atoms with van der Waals surface area (Å²) in [6.45, 7) is 0. The minimum atomic E-state index is -4.94. The van der Waals surface area contributed by atoms with E-state index in [1.54, 1.807) is 0 Å². The van der Waals surface area contributed by atoms with E-state index in [9.17, 15) is 31.1 Å². The summed E-state index contributed by atoms with van der Waals surface area (Å²) in [5, 5.41) is 2.05. The van der Waals surface area contributed by atoms with Gasteiger partial charge in [0.05, 0.1) is 15.7 Å². The Labute approximate surface area is 139 Å². The van der Waals surface area contributed by atoms with Gasteiger partial charge in [0.25, 0.3) is 0 Å². The van der Waals surface area contributed by atoms with Crippen LogP contribution in [0.4, 0.5) is 32.0 Å². The van der Waals surface area contributed by atoms with Crippen LogP contribution in [0.1, 0.15) is 5.56 Å². The van der Waals surface area contributed by atoms with Crippen molar-refractivity contribution in [1.82, 2.24) is 0 Å². The second-order valence-electron chi connectivity index (χ2n) is 4.40. The minimum Gasteiger partial charge on any atom is -0.448 e. The predicted molar refractivity (Wildman–Crippen MR) is 75.2 cm³/mol. The fourth-order valence-electron chi connectivity index (χ4n) is 1.76. The highest BCUT2D eigenvalue weighted by atomic mass is 79.9. The van der Waals surface area contributed by atoms with Crippen molar-refractivity contribution >= 4 is 28.0 Å². The Hall–Kier alpha value is -2.23. The first-order chi connectivity index (χ1) is 11.1. The van der Waals surface area contributed by atoms with Crippen molar-refractivity contribution in [3.05, 3.63) is 51.8 Å². The Bertz CT molecular complexity index is 771. The summed E-state index contributed by atoms with van der Waals surface area (Å²) >= 11 is 2.87. The largest absolute Gasteiger partial charge is 0.448 e. The van der Waals surface area contributed by atoms with E-state index in [0.717, 1.165) is 12.1 Å². The van der Waals surface area contributed by atoms with Gasteiger partial charge in [-0.05, 0) is 34.1 Å². The molecular weight excluding hydrogens is 408 g/mol. The molecule has 0 aliphatic heterocycles. The number of anilines is 1. The third-order valence-electron chi connectivity index (χ3n) is 2.75. The molecule has 0 radical (unpaired) electrons. The molecule has 1 amide bonds. The zero-order valence-corrected chi connectivity index (χ0v) is 12.9. The van der Waals surface area contributed by atoms with Gasteiger partial charge in [0.15, 0.2) is 23.1 Å². The molecule has 10 heteroatoms. The summed E-state index contributed by atoms with van der Waals surface area (Å²) in [6.07, 6.45) is -4.78. The van der Waals surface area contributed by atoms with E-state index in [1.165, 1.54) is 0 Å². The molecule has 0 saturated carbocycles. The second kappa shape index (κ2) is 6.71. The summed E-state index contributed by atoms with van der Waals surface area (Å²) in [6, 6.07) is 1.80. The van der Waals surface area contributed by atoms with Gasteiger partial charge in [-0.15, -0.1) is 0 Å². The minimum absolute atomic E-state index is 0.0582. The highest BCUT2D eigenvalue weighted by Crippen LogP contribution is 2.40. The number of amides is 1. The molecule has 2 rings (SSSR count). The van der Waals surface area contributed by atoms with Gasteiger partial charge in [0.2, 0.25) is 6.41 Å². The number of carbonyl (C=O) groups excluding carboxylic acids is 1. The zero-order valence-electron chi connectivity index (χ0n) is 11.3. The van der Waals surface area contributed by atoms with Gasteiger partial charge in [0, 0.05) is 6.07 Å². The smallest absolute Gasteiger partial charge is 0.416 e. The molecule has 0 unspecified atom stereocenters.